The lowest BCUT2D eigenvalue weighted by Crippen LogP contribution is -2.18. The second-order valence-electron chi connectivity index (χ2n) is 6.71. The first kappa shape index (κ1) is 19.6. The monoisotopic (exact) mass is 426 g/mol. The van der Waals surface area contributed by atoms with Crippen LogP contribution < -0.4 is 14.5 Å². The van der Waals surface area contributed by atoms with Crippen molar-refractivity contribution < 1.29 is 9.47 Å². The fourth-order valence-corrected chi connectivity index (χ4v) is 3.81. The van der Waals surface area contributed by atoms with E-state index in [9.17, 15) is 0 Å². The van der Waals surface area contributed by atoms with E-state index in [4.69, 9.17) is 37.8 Å². The fourth-order valence-electron chi connectivity index (χ4n) is 3.44. The van der Waals surface area contributed by atoms with Crippen molar-refractivity contribution in [3.8, 4) is 11.5 Å². The molecule has 0 spiro atoms. The maximum Gasteiger partial charge on any atom is 0.118 e. The van der Waals surface area contributed by atoms with Gasteiger partial charge >= 0.3 is 0 Å². The Hall–Kier alpha value is -2.69. The maximum absolute atomic E-state index is 6.50. The molecule has 29 heavy (non-hydrogen) atoms. The van der Waals surface area contributed by atoms with Crippen LogP contribution in [0.4, 0.5) is 5.69 Å². The molecule has 0 amide bonds. The van der Waals surface area contributed by atoms with E-state index in [2.05, 4.69) is 12.1 Å². The van der Waals surface area contributed by atoms with Crippen LogP contribution in [0.3, 0.4) is 0 Å². The second-order valence-corrected chi connectivity index (χ2v) is 7.55. The van der Waals surface area contributed by atoms with E-state index in [1.54, 1.807) is 26.4 Å². The average Bonchev–Trinajstić information content (AvgIpc) is 3.20. The Kier molecular flexibility index (Phi) is 5.65. The standard InChI is InChI=1S/C23H20Cl2N2O2/c1-28-18-8-3-15(4-9-18)21-14-22(16-5-10-19(29-2)11-6-16)27(26-21)23-13-17(24)7-12-20(23)25/h3-13,22H,14H2,1-2H3/t22-/m0/s1. The highest BCUT2D eigenvalue weighted by molar-refractivity contribution is 6.35. The lowest BCUT2D eigenvalue weighted by Gasteiger charge is -2.25. The quantitative estimate of drug-likeness (QED) is 0.475. The highest BCUT2D eigenvalue weighted by Gasteiger charge is 2.31. The average molecular weight is 427 g/mol. The van der Waals surface area contributed by atoms with Crippen molar-refractivity contribution in [1.29, 1.82) is 0 Å². The van der Waals surface area contributed by atoms with Crippen LogP contribution in [0.5, 0.6) is 11.5 Å². The number of methoxy groups -OCH3 is 2. The first-order chi connectivity index (χ1) is 14.1. The van der Waals surface area contributed by atoms with Gasteiger partial charge in [0.25, 0.3) is 0 Å². The number of hydrazone groups is 1. The Morgan fingerprint density at radius 3 is 2.10 bits per heavy atom. The van der Waals surface area contributed by atoms with E-state index >= 15 is 0 Å². The topological polar surface area (TPSA) is 34.1 Å². The van der Waals surface area contributed by atoms with Gasteiger partial charge in [-0.2, -0.15) is 5.10 Å². The molecule has 3 aromatic carbocycles. The van der Waals surface area contributed by atoms with E-state index in [1.807, 2.05) is 47.5 Å². The first-order valence-electron chi connectivity index (χ1n) is 9.19. The minimum Gasteiger partial charge on any atom is -0.497 e. The van der Waals surface area contributed by atoms with Gasteiger partial charge in [-0.05, 0) is 65.7 Å². The minimum atomic E-state index is -0.00558. The summed E-state index contributed by atoms with van der Waals surface area (Å²) in [6.07, 6.45) is 0.738. The van der Waals surface area contributed by atoms with Crippen LogP contribution >= 0.6 is 23.2 Å². The Morgan fingerprint density at radius 2 is 1.48 bits per heavy atom. The van der Waals surface area contributed by atoms with Crippen LogP contribution in [-0.2, 0) is 0 Å². The molecule has 0 saturated heterocycles. The molecule has 0 aliphatic carbocycles. The van der Waals surface area contributed by atoms with Crippen LogP contribution in [0, 0.1) is 0 Å². The van der Waals surface area contributed by atoms with Crippen molar-refractivity contribution in [1.82, 2.24) is 0 Å². The van der Waals surface area contributed by atoms with Crippen molar-refractivity contribution in [2.45, 2.75) is 12.5 Å². The highest BCUT2D eigenvalue weighted by atomic mass is 35.5. The summed E-state index contributed by atoms with van der Waals surface area (Å²) in [5.74, 6) is 1.63. The predicted molar refractivity (Wildman–Crippen MR) is 119 cm³/mol. The third-order valence-corrected chi connectivity index (χ3v) is 5.54. The first-order valence-corrected chi connectivity index (χ1v) is 9.95. The molecule has 1 heterocycles. The van der Waals surface area contributed by atoms with Crippen molar-refractivity contribution >= 4 is 34.6 Å². The van der Waals surface area contributed by atoms with Crippen LogP contribution in [0.2, 0.25) is 10.0 Å². The molecular weight excluding hydrogens is 407 g/mol. The third-order valence-electron chi connectivity index (χ3n) is 4.99. The zero-order valence-electron chi connectivity index (χ0n) is 16.1. The summed E-state index contributed by atoms with van der Waals surface area (Å²) < 4.78 is 10.6. The molecule has 1 atom stereocenters. The Labute approximate surface area is 180 Å². The Morgan fingerprint density at radius 1 is 0.862 bits per heavy atom. The van der Waals surface area contributed by atoms with Gasteiger partial charge in [0, 0.05) is 11.4 Å². The lowest BCUT2D eigenvalue weighted by molar-refractivity contribution is 0.414. The molecule has 0 aromatic heterocycles. The van der Waals surface area contributed by atoms with E-state index in [1.165, 1.54) is 0 Å². The molecule has 148 valence electrons. The number of halogens is 2. The molecule has 1 aliphatic heterocycles. The molecule has 4 rings (SSSR count). The lowest BCUT2D eigenvalue weighted by atomic mass is 9.98. The minimum absolute atomic E-state index is 0.00558. The smallest absolute Gasteiger partial charge is 0.118 e. The summed E-state index contributed by atoms with van der Waals surface area (Å²) in [5.41, 5.74) is 3.92. The number of anilines is 1. The molecule has 3 aromatic rings. The zero-order chi connectivity index (χ0) is 20.4. The molecule has 4 nitrogen and oxygen atoms in total. The SMILES string of the molecule is COc1ccc(C2=NN(c3cc(Cl)ccc3Cl)[C@H](c3ccc(OC)cc3)C2)cc1. The molecule has 6 heteroatoms. The largest absolute Gasteiger partial charge is 0.497 e. The fraction of sp³-hybridized carbons (Fsp3) is 0.174. The second kappa shape index (κ2) is 8.36. The van der Waals surface area contributed by atoms with Gasteiger partial charge in [-0.15, -0.1) is 0 Å². The molecule has 0 radical (unpaired) electrons. The number of ether oxygens (including phenoxy) is 2. The molecule has 0 saturated carbocycles. The van der Waals surface area contributed by atoms with Crippen LogP contribution in [0.1, 0.15) is 23.6 Å². The van der Waals surface area contributed by atoms with E-state index in [0.29, 0.717) is 10.0 Å². The van der Waals surface area contributed by atoms with Gasteiger partial charge in [-0.3, -0.25) is 5.01 Å². The van der Waals surface area contributed by atoms with Gasteiger partial charge in [-0.25, -0.2) is 0 Å². The van der Waals surface area contributed by atoms with Gasteiger partial charge in [0.05, 0.1) is 36.7 Å². The molecule has 0 fully saturated rings. The molecule has 0 N–H and O–H groups in total. The third kappa shape index (κ3) is 4.04. The van der Waals surface area contributed by atoms with Crippen LogP contribution in [0.15, 0.2) is 71.8 Å². The van der Waals surface area contributed by atoms with E-state index in [-0.39, 0.29) is 6.04 Å². The van der Waals surface area contributed by atoms with Crippen LogP contribution in [0.25, 0.3) is 0 Å². The van der Waals surface area contributed by atoms with Crippen molar-refractivity contribution in [2.24, 2.45) is 5.10 Å². The normalized spacial score (nSPS) is 15.9. The van der Waals surface area contributed by atoms with Gasteiger partial charge in [0.15, 0.2) is 0 Å². The Bertz CT molecular complexity index is 1030. The number of hydrogen-bond donors (Lipinski definition) is 0. The maximum atomic E-state index is 6.50. The van der Waals surface area contributed by atoms with Gasteiger partial charge < -0.3 is 9.47 Å². The summed E-state index contributed by atoms with van der Waals surface area (Å²) >= 11 is 12.8. The molecular formula is C23H20Cl2N2O2. The molecule has 0 bridgehead atoms. The Balaban J connectivity index is 1.75. The van der Waals surface area contributed by atoms with Gasteiger partial charge in [0.1, 0.15) is 11.5 Å². The zero-order valence-corrected chi connectivity index (χ0v) is 17.6. The van der Waals surface area contributed by atoms with Gasteiger partial charge in [-0.1, -0.05) is 35.3 Å². The predicted octanol–water partition coefficient (Wildman–Crippen LogP) is 6.37. The summed E-state index contributed by atoms with van der Waals surface area (Å²) in [7, 11) is 3.32. The molecule has 1 aliphatic rings. The summed E-state index contributed by atoms with van der Waals surface area (Å²) in [6, 6.07) is 21.4. The van der Waals surface area contributed by atoms with E-state index < -0.39 is 0 Å². The van der Waals surface area contributed by atoms with Gasteiger partial charge in [0.2, 0.25) is 0 Å². The van der Waals surface area contributed by atoms with E-state index in [0.717, 1.165) is 40.4 Å². The summed E-state index contributed by atoms with van der Waals surface area (Å²) in [4.78, 5) is 0. The number of nitrogens with zero attached hydrogens (tertiary/aromatic N) is 2. The van der Waals surface area contributed by atoms with Crippen LogP contribution in [-0.4, -0.2) is 19.9 Å². The number of rotatable bonds is 5. The van der Waals surface area contributed by atoms with Crippen molar-refractivity contribution in [2.75, 3.05) is 19.2 Å². The number of hydrogen-bond acceptors (Lipinski definition) is 4. The summed E-state index contributed by atoms with van der Waals surface area (Å²) in [5, 5.41) is 8.10. The number of benzene rings is 3. The highest BCUT2D eigenvalue weighted by Crippen LogP contribution is 2.41. The molecule has 0 unspecified atom stereocenters. The van der Waals surface area contributed by atoms with Crippen molar-refractivity contribution in [3.63, 3.8) is 0 Å². The summed E-state index contributed by atoms with van der Waals surface area (Å²) in [6.45, 7) is 0. The van der Waals surface area contributed by atoms with Crippen molar-refractivity contribution in [3.05, 3.63) is 87.9 Å².